The molecule has 0 N–H and O–H groups in total. The third-order valence-corrected chi connectivity index (χ3v) is 5.60. The Morgan fingerprint density at radius 3 is 2.32 bits per heavy atom. The van der Waals surface area contributed by atoms with Gasteiger partial charge in [-0.2, -0.15) is 8.78 Å². The summed E-state index contributed by atoms with van der Waals surface area (Å²) in [7, 11) is -4.54. The average Bonchev–Trinajstić information content (AvgIpc) is 3.00. The lowest BCUT2D eigenvalue weighted by Crippen LogP contribution is -2.46. The molecule has 0 unspecified atom stereocenters. The van der Waals surface area contributed by atoms with Crippen LogP contribution in [0, 0.1) is 6.92 Å². The van der Waals surface area contributed by atoms with Crippen LogP contribution in [0.4, 0.5) is 14.5 Å². The Morgan fingerprint density at radius 1 is 1.16 bits per heavy atom. The third kappa shape index (κ3) is 3.98. The van der Waals surface area contributed by atoms with Crippen LogP contribution in [-0.2, 0) is 16.4 Å². The summed E-state index contributed by atoms with van der Waals surface area (Å²) < 4.78 is 53.1. The Labute approximate surface area is 144 Å². The molecular formula is C16H19F2N3O3S. The van der Waals surface area contributed by atoms with Gasteiger partial charge in [-0.1, -0.05) is 5.16 Å². The number of hydrogen-bond donors (Lipinski definition) is 0. The molecule has 0 bridgehead atoms. The number of aromatic nitrogens is 1. The van der Waals surface area contributed by atoms with Gasteiger partial charge in [0.05, 0.1) is 10.6 Å². The number of benzene rings is 1. The molecule has 1 fully saturated rings. The summed E-state index contributed by atoms with van der Waals surface area (Å²) in [4.78, 5) is 4.00. The Morgan fingerprint density at radius 2 is 1.80 bits per heavy atom. The molecule has 1 aromatic heterocycles. The van der Waals surface area contributed by atoms with Crippen LogP contribution in [0.2, 0.25) is 0 Å². The second-order valence-electron chi connectivity index (χ2n) is 5.99. The van der Waals surface area contributed by atoms with Gasteiger partial charge in [-0.05, 0) is 31.2 Å². The zero-order chi connectivity index (χ0) is 18.0. The summed E-state index contributed by atoms with van der Waals surface area (Å²) >= 11 is 0. The van der Waals surface area contributed by atoms with E-state index >= 15 is 0 Å². The fourth-order valence-electron chi connectivity index (χ4n) is 2.84. The van der Waals surface area contributed by atoms with Crippen LogP contribution >= 0.6 is 0 Å². The van der Waals surface area contributed by atoms with Gasteiger partial charge in [-0.3, -0.25) is 4.90 Å². The first-order valence-electron chi connectivity index (χ1n) is 7.88. The summed E-state index contributed by atoms with van der Waals surface area (Å²) in [6.07, 6.45) is 0. The lowest BCUT2D eigenvalue weighted by atomic mass is 10.2. The van der Waals surface area contributed by atoms with Gasteiger partial charge in [-0.25, -0.2) is 8.42 Å². The SMILES string of the molecule is Cc1cc(CN2CCN(c3ccc(S(=O)(=O)C(F)F)cc3)CC2)no1. The van der Waals surface area contributed by atoms with Gasteiger partial charge in [0.1, 0.15) is 5.76 Å². The average molecular weight is 371 g/mol. The molecule has 136 valence electrons. The van der Waals surface area contributed by atoms with Gasteiger partial charge in [0.2, 0.25) is 9.84 Å². The molecule has 9 heteroatoms. The van der Waals surface area contributed by atoms with Crippen LogP contribution in [0.15, 0.2) is 39.8 Å². The van der Waals surface area contributed by atoms with Crippen molar-refractivity contribution in [2.75, 3.05) is 31.1 Å². The number of alkyl halides is 2. The number of aryl methyl sites for hydroxylation is 1. The molecule has 0 radical (unpaired) electrons. The summed E-state index contributed by atoms with van der Waals surface area (Å²) in [5.41, 5.74) is 1.72. The van der Waals surface area contributed by atoms with Crippen molar-refractivity contribution in [2.45, 2.75) is 24.1 Å². The monoisotopic (exact) mass is 371 g/mol. The van der Waals surface area contributed by atoms with Gasteiger partial charge in [0.25, 0.3) is 0 Å². The molecule has 2 heterocycles. The molecule has 25 heavy (non-hydrogen) atoms. The fraction of sp³-hybridized carbons (Fsp3) is 0.438. The Bertz CT molecular complexity index is 813. The zero-order valence-corrected chi connectivity index (χ0v) is 14.5. The van der Waals surface area contributed by atoms with Gasteiger partial charge in [0.15, 0.2) is 0 Å². The van der Waals surface area contributed by atoms with Gasteiger partial charge >= 0.3 is 5.76 Å². The molecule has 0 saturated carbocycles. The number of halogens is 2. The van der Waals surface area contributed by atoms with E-state index in [2.05, 4.69) is 15.0 Å². The van der Waals surface area contributed by atoms with Crippen LogP contribution < -0.4 is 4.90 Å². The van der Waals surface area contributed by atoms with Crippen molar-refractivity contribution in [3.05, 3.63) is 41.8 Å². The smallest absolute Gasteiger partial charge is 0.341 e. The predicted octanol–water partition coefficient (Wildman–Crippen LogP) is 2.30. The van der Waals surface area contributed by atoms with Crippen LogP contribution in [0.3, 0.4) is 0 Å². The van der Waals surface area contributed by atoms with Crippen molar-refractivity contribution in [2.24, 2.45) is 0 Å². The molecule has 1 saturated heterocycles. The van der Waals surface area contributed by atoms with Crippen molar-refractivity contribution < 1.29 is 21.7 Å². The van der Waals surface area contributed by atoms with Crippen LogP contribution in [0.1, 0.15) is 11.5 Å². The molecule has 2 aromatic rings. The molecule has 1 aromatic carbocycles. The molecule has 3 rings (SSSR count). The maximum atomic E-state index is 12.6. The third-order valence-electron chi connectivity index (χ3n) is 4.20. The van der Waals surface area contributed by atoms with E-state index in [0.29, 0.717) is 0 Å². The summed E-state index contributed by atoms with van der Waals surface area (Å²) in [5, 5.41) is 3.99. The van der Waals surface area contributed by atoms with Crippen molar-refractivity contribution in [1.82, 2.24) is 10.1 Å². The minimum absolute atomic E-state index is 0.355. The Kier molecular flexibility index (Phi) is 5.05. The van der Waals surface area contributed by atoms with Gasteiger partial charge in [-0.15, -0.1) is 0 Å². The van der Waals surface area contributed by atoms with Crippen molar-refractivity contribution in [1.29, 1.82) is 0 Å². The summed E-state index contributed by atoms with van der Waals surface area (Å²) in [5.74, 6) is -2.62. The quantitative estimate of drug-likeness (QED) is 0.804. The van der Waals surface area contributed by atoms with E-state index in [4.69, 9.17) is 4.52 Å². The standard InChI is InChI=1S/C16H19F2N3O3S/c1-12-10-13(19-24-12)11-20-6-8-21(9-7-20)14-2-4-15(5-3-14)25(22,23)16(17)18/h2-5,10,16H,6-9,11H2,1H3. The van der Waals surface area contributed by atoms with E-state index < -0.39 is 15.6 Å². The number of anilines is 1. The molecule has 0 spiro atoms. The van der Waals surface area contributed by atoms with E-state index in [1.54, 1.807) is 12.1 Å². The van der Waals surface area contributed by atoms with Crippen LogP contribution in [0.5, 0.6) is 0 Å². The minimum Gasteiger partial charge on any atom is -0.369 e. The zero-order valence-electron chi connectivity index (χ0n) is 13.7. The normalized spacial score (nSPS) is 16.6. The highest BCUT2D eigenvalue weighted by atomic mass is 32.2. The molecule has 1 aliphatic heterocycles. The lowest BCUT2D eigenvalue weighted by molar-refractivity contribution is 0.234. The maximum absolute atomic E-state index is 12.6. The van der Waals surface area contributed by atoms with E-state index in [-0.39, 0.29) is 4.90 Å². The molecule has 0 aliphatic carbocycles. The number of piperazine rings is 1. The highest BCUT2D eigenvalue weighted by molar-refractivity contribution is 7.91. The second-order valence-corrected chi connectivity index (χ2v) is 7.91. The van der Waals surface area contributed by atoms with Crippen LogP contribution in [-0.4, -0.2) is 50.4 Å². The fourth-order valence-corrected chi connectivity index (χ4v) is 3.56. The molecule has 0 amide bonds. The second kappa shape index (κ2) is 7.09. The van der Waals surface area contributed by atoms with Gasteiger partial charge < -0.3 is 9.42 Å². The maximum Gasteiger partial charge on any atom is 0.341 e. The molecule has 6 nitrogen and oxygen atoms in total. The van der Waals surface area contributed by atoms with Crippen molar-refractivity contribution in [3.8, 4) is 0 Å². The largest absolute Gasteiger partial charge is 0.369 e. The topological polar surface area (TPSA) is 66.7 Å². The molecule has 0 atom stereocenters. The first kappa shape index (κ1) is 17.8. The minimum atomic E-state index is -4.54. The molecule has 1 aliphatic rings. The van der Waals surface area contributed by atoms with Crippen LogP contribution in [0.25, 0.3) is 0 Å². The van der Waals surface area contributed by atoms with Gasteiger partial charge in [0, 0.05) is 44.5 Å². The summed E-state index contributed by atoms with van der Waals surface area (Å²) in [6, 6.07) is 7.54. The Balaban J connectivity index is 1.59. The number of nitrogens with zero attached hydrogens (tertiary/aromatic N) is 3. The highest BCUT2D eigenvalue weighted by Gasteiger charge is 2.26. The van der Waals surface area contributed by atoms with E-state index in [9.17, 15) is 17.2 Å². The van der Waals surface area contributed by atoms with E-state index in [1.165, 1.54) is 12.1 Å². The summed E-state index contributed by atoms with van der Waals surface area (Å²) in [6.45, 7) is 5.74. The van der Waals surface area contributed by atoms with Crippen molar-refractivity contribution >= 4 is 15.5 Å². The lowest BCUT2D eigenvalue weighted by Gasteiger charge is -2.35. The molecular weight excluding hydrogens is 352 g/mol. The van der Waals surface area contributed by atoms with Crippen molar-refractivity contribution in [3.63, 3.8) is 0 Å². The van der Waals surface area contributed by atoms with E-state index in [1.807, 2.05) is 13.0 Å². The number of hydrogen-bond acceptors (Lipinski definition) is 6. The highest BCUT2D eigenvalue weighted by Crippen LogP contribution is 2.23. The number of rotatable bonds is 5. The predicted molar refractivity (Wildman–Crippen MR) is 88.4 cm³/mol. The first-order chi connectivity index (χ1) is 11.9. The number of sulfone groups is 1. The Hall–Kier alpha value is -2.00. The first-order valence-corrected chi connectivity index (χ1v) is 9.42. The van der Waals surface area contributed by atoms with E-state index in [0.717, 1.165) is 49.9 Å².